The molecule has 2 N–H and O–H groups in total. The highest BCUT2D eigenvalue weighted by Gasteiger charge is 2.44. The van der Waals surface area contributed by atoms with E-state index in [0.29, 0.717) is 37.9 Å². The average molecular weight is 521 g/mol. The fraction of sp³-hybridized carbons (Fsp3) is 0.429. The molecular formula is C28H32N4O6. The molecule has 3 amide bonds. The molecule has 3 saturated heterocycles. The van der Waals surface area contributed by atoms with Crippen molar-refractivity contribution in [2.75, 3.05) is 13.1 Å². The molecule has 0 spiro atoms. The van der Waals surface area contributed by atoms with Crippen molar-refractivity contribution in [3.8, 4) is 0 Å². The van der Waals surface area contributed by atoms with Crippen molar-refractivity contribution >= 4 is 23.7 Å². The predicted molar refractivity (Wildman–Crippen MR) is 136 cm³/mol. The van der Waals surface area contributed by atoms with Crippen LogP contribution in [0.5, 0.6) is 0 Å². The first kappa shape index (κ1) is 25.9. The summed E-state index contributed by atoms with van der Waals surface area (Å²) in [6.07, 6.45) is 1.49. The monoisotopic (exact) mass is 520 g/mol. The highest BCUT2D eigenvalue weighted by Crippen LogP contribution is 2.26. The Balaban J connectivity index is 1.26. The third-order valence-electron chi connectivity index (χ3n) is 7.12. The second kappa shape index (κ2) is 11.7. The van der Waals surface area contributed by atoms with E-state index in [0.717, 1.165) is 12.0 Å². The quantitative estimate of drug-likeness (QED) is 0.535. The molecule has 0 radical (unpaired) electrons. The Kier molecular flexibility index (Phi) is 8.00. The van der Waals surface area contributed by atoms with Gasteiger partial charge >= 0.3 is 5.97 Å². The highest BCUT2D eigenvalue weighted by atomic mass is 16.7. The summed E-state index contributed by atoms with van der Waals surface area (Å²) >= 11 is 0. The summed E-state index contributed by atoms with van der Waals surface area (Å²) in [6.45, 7) is 1.50. The van der Waals surface area contributed by atoms with Gasteiger partial charge in [-0.15, -0.1) is 0 Å². The molecular weight excluding hydrogens is 488 g/mol. The number of hydrogen-bond donors (Lipinski definition) is 2. The minimum atomic E-state index is -0.913. The molecule has 38 heavy (non-hydrogen) atoms. The van der Waals surface area contributed by atoms with E-state index in [1.807, 2.05) is 41.4 Å². The molecule has 3 fully saturated rings. The minimum Gasteiger partial charge on any atom is -0.433 e. The van der Waals surface area contributed by atoms with Gasteiger partial charge in [0.1, 0.15) is 18.1 Å². The van der Waals surface area contributed by atoms with Crippen LogP contribution < -0.4 is 10.6 Å². The topological polar surface area (TPSA) is 117 Å². The maximum atomic E-state index is 13.7. The Hall–Kier alpha value is -3.76. The molecule has 4 atom stereocenters. The molecule has 2 aromatic rings. The lowest BCUT2D eigenvalue weighted by molar-refractivity contribution is -0.171. The molecule has 3 aliphatic heterocycles. The normalized spacial score (nSPS) is 25.7. The van der Waals surface area contributed by atoms with Crippen LogP contribution in [-0.2, 0) is 30.5 Å². The third kappa shape index (κ3) is 5.87. The fourth-order valence-electron chi connectivity index (χ4n) is 5.21. The van der Waals surface area contributed by atoms with Crippen LogP contribution >= 0.6 is 0 Å². The Morgan fingerprint density at radius 3 is 2.34 bits per heavy atom. The van der Waals surface area contributed by atoms with Crippen LogP contribution in [0.2, 0.25) is 0 Å². The number of esters is 1. The van der Waals surface area contributed by atoms with Gasteiger partial charge in [-0.05, 0) is 43.4 Å². The summed E-state index contributed by atoms with van der Waals surface area (Å²) in [6, 6.07) is 16.1. The van der Waals surface area contributed by atoms with Crippen LogP contribution in [0.1, 0.15) is 48.0 Å². The molecule has 3 heterocycles. The highest BCUT2D eigenvalue weighted by molar-refractivity contribution is 5.98. The van der Waals surface area contributed by atoms with E-state index in [4.69, 9.17) is 9.47 Å². The molecule has 0 aliphatic carbocycles. The fourth-order valence-corrected chi connectivity index (χ4v) is 5.21. The van der Waals surface area contributed by atoms with Crippen molar-refractivity contribution in [3.63, 3.8) is 0 Å². The molecule has 1 unspecified atom stereocenters. The second-order valence-electron chi connectivity index (χ2n) is 9.80. The summed E-state index contributed by atoms with van der Waals surface area (Å²) in [5, 5.41) is 9.19. The number of ether oxygens (including phenoxy) is 2. The number of hydrogen-bond acceptors (Lipinski definition) is 7. The summed E-state index contributed by atoms with van der Waals surface area (Å²) in [5.41, 5.74) is 1.39. The number of carbonyl (C=O) groups excluding carboxylic acids is 4. The summed E-state index contributed by atoms with van der Waals surface area (Å²) in [7, 11) is 0. The lowest BCUT2D eigenvalue weighted by atomic mass is 10.0. The Bertz CT molecular complexity index is 1160. The molecule has 10 nitrogen and oxygen atoms in total. The van der Waals surface area contributed by atoms with Gasteiger partial charge in [0.15, 0.2) is 0 Å². The summed E-state index contributed by atoms with van der Waals surface area (Å²) in [4.78, 5) is 52.0. The van der Waals surface area contributed by atoms with Crippen molar-refractivity contribution in [2.45, 2.75) is 63.1 Å². The first-order valence-corrected chi connectivity index (χ1v) is 13.1. The van der Waals surface area contributed by atoms with Crippen LogP contribution in [0.3, 0.4) is 0 Å². The zero-order valence-electron chi connectivity index (χ0n) is 21.1. The minimum absolute atomic E-state index is 0.00860. The molecule has 2 aromatic carbocycles. The van der Waals surface area contributed by atoms with Gasteiger partial charge in [0.05, 0.1) is 13.0 Å². The third-order valence-corrected chi connectivity index (χ3v) is 7.12. The Labute approximate surface area is 221 Å². The number of nitrogens with one attached hydrogen (secondary N) is 2. The van der Waals surface area contributed by atoms with Crippen LogP contribution in [0.15, 0.2) is 60.7 Å². The van der Waals surface area contributed by atoms with E-state index >= 15 is 0 Å². The van der Waals surface area contributed by atoms with Crippen LogP contribution in [0.25, 0.3) is 0 Å². The molecule has 10 heteroatoms. The smallest absolute Gasteiger partial charge is 0.310 e. The van der Waals surface area contributed by atoms with E-state index in [9.17, 15) is 19.2 Å². The zero-order valence-corrected chi connectivity index (χ0v) is 21.1. The van der Waals surface area contributed by atoms with Crippen LogP contribution in [0, 0.1) is 0 Å². The van der Waals surface area contributed by atoms with Gasteiger partial charge in [0.2, 0.25) is 12.2 Å². The number of cyclic esters (lactones) is 1. The van der Waals surface area contributed by atoms with Crippen molar-refractivity contribution < 1.29 is 28.7 Å². The summed E-state index contributed by atoms with van der Waals surface area (Å²) < 4.78 is 11.1. The van der Waals surface area contributed by atoms with Gasteiger partial charge in [-0.1, -0.05) is 48.5 Å². The predicted octanol–water partition coefficient (Wildman–Crippen LogP) is 1.76. The van der Waals surface area contributed by atoms with E-state index in [-0.39, 0.29) is 30.7 Å². The number of rotatable bonds is 7. The van der Waals surface area contributed by atoms with Crippen LogP contribution in [-0.4, -0.2) is 71.2 Å². The Morgan fingerprint density at radius 1 is 0.921 bits per heavy atom. The SMILES string of the molecule is O=C1C[C@H](NC(=O)[C@@H]2CCCN3CCC[C@@H](NC(=O)c4ccccc4)C(=O)N23)C(OCc2ccccc2)O1. The largest absolute Gasteiger partial charge is 0.433 e. The lowest BCUT2D eigenvalue weighted by Crippen LogP contribution is -2.63. The zero-order chi connectivity index (χ0) is 26.5. The number of benzene rings is 2. The molecule has 0 bridgehead atoms. The second-order valence-corrected chi connectivity index (χ2v) is 9.80. The van der Waals surface area contributed by atoms with E-state index in [1.54, 1.807) is 24.3 Å². The van der Waals surface area contributed by atoms with Crippen molar-refractivity contribution in [1.82, 2.24) is 20.7 Å². The number of hydrazine groups is 1. The van der Waals surface area contributed by atoms with Crippen molar-refractivity contribution in [2.24, 2.45) is 0 Å². The molecule has 3 aliphatic rings. The maximum absolute atomic E-state index is 13.7. The first-order valence-electron chi connectivity index (χ1n) is 13.1. The number of nitrogens with zero attached hydrogens (tertiary/aromatic N) is 2. The number of carbonyl (C=O) groups is 4. The van der Waals surface area contributed by atoms with Gasteiger partial charge < -0.3 is 20.1 Å². The van der Waals surface area contributed by atoms with Gasteiger partial charge in [0.25, 0.3) is 11.8 Å². The number of fused-ring (bicyclic) bond motifs is 1. The lowest BCUT2D eigenvalue weighted by Gasteiger charge is -2.43. The summed E-state index contributed by atoms with van der Waals surface area (Å²) in [5.74, 6) is -1.44. The van der Waals surface area contributed by atoms with Gasteiger partial charge in [0, 0.05) is 18.7 Å². The van der Waals surface area contributed by atoms with Crippen molar-refractivity contribution in [1.29, 1.82) is 0 Å². The van der Waals surface area contributed by atoms with Gasteiger partial charge in [-0.2, -0.15) is 0 Å². The van der Waals surface area contributed by atoms with Gasteiger partial charge in [-0.3, -0.25) is 24.2 Å². The molecule has 200 valence electrons. The van der Waals surface area contributed by atoms with Crippen LogP contribution in [0.4, 0.5) is 0 Å². The first-order chi connectivity index (χ1) is 18.5. The van der Waals surface area contributed by atoms with E-state index in [2.05, 4.69) is 10.6 Å². The van der Waals surface area contributed by atoms with Gasteiger partial charge in [-0.25, -0.2) is 5.01 Å². The standard InChI is InChI=1S/C28H32N4O6/c33-24-17-22(28(38-24)37-18-19-9-3-1-4-10-19)30-26(35)23-14-8-16-31-15-7-13-21(27(36)32(23)31)29-25(34)20-11-5-2-6-12-20/h1-6,9-12,21-23,28H,7-8,13-18H2,(H,29,34)(H,30,35)/t21-,22+,23+,28?/m1/s1. The average Bonchev–Trinajstić information content (AvgIpc) is 3.21. The Morgan fingerprint density at radius 2 is 1.61 bits per heavy atom. The molecule has 0 saturated carbocycles. The van der Waals surface area contributed by atoms with Crippen molar-refractivity contribution in [3.05, 3.63) is 71.8 Å². The van der Waals surface area contributed by atoms with E-state index in [1.165, 1.54) is 5.01 Å². The molecule has 0 aromatic heterocycles. The maximum Gasteiger partial charge on any atom is 0.310 e. The van der Waals surface area contributed by atoms with E-state index < -0.39 is 30.4 Å². The molecule has 5 rings (SSSR count). The number of amides is 3.